The molecule has 0 heterocycles. The van der Waals surface area contributed by atoms with Gasteiger partial charge in [-0.15, -0.1) is 0 Å². The van der Waals surface area contributed by atoms with Crippen LogP contribution in [0.1, 0.15) is 31.4 Å². The summed E-state index contributed by atoms with van der Waals surface area (Å²) >= 11 is 0. The number of carbonyl (C=O) groups excluding carboxylic acids is 1. The van der Waals surface area contributed by atoms with E-state index in [9.17, 15) is 9.90 Å². The van der Waals surface area contributed by atoms with E-state index >= 15 is 0 Å². The fraction of sp³-hybridized carbons (Fsp3) is 0.350. The second-order valence-corrected chi connectivity index (χ2v) is 6.76. The summed E-state index contributed by atoms with van der Waals surface area (Å²) in [6.07, 6.45) is 0.572. The van der Waals surface area contributed by atoms with Gasteiger partial charge >= 0.3 is 0 Å². The number of nitrogens with one attached hydrogen (secondary N) is 1. The van der Waals surface area contributed by atoms with Crippen molar-refractivity contribution in [2.24, 2.45) is 5.41 Å². The maximum absolute atomic E-state index is 12.9. The summed E-state index contributed by atoms with van der Waals surface area (Å²) in [7, 11) is 0. The average molecular weight is 327 g/mol. The van der Waals surface area contributed by atoms with Gasteiger partial charge in [0.05, 0.1) is 0 Å². The Morgan fingerprint density at radius 2 is 1.42 bits per heavy atom. The molecule has 0 unspecified atom stereocenters. The first-order valence-corrected chi connectivity index (χ1v) is 8.13. The van der Waals surface area contributed by atoms with Gasteiger partial charge in [-0.25, -0.2) is 0 Å². The lowest BCUT2D eigenvalue weighted by Crippen LogP contribution is -2.48. The van der Waals surface area contributed by atoms with Crippen molar-refractivity contribution in [2.45, 2.75) is 25.9 Å². The van der Waals surface area contributed by atoms with Crippen LogP contribution in [0.25, 0.3) is 0 Å². The average Bonchev–Trinajstić information content (AvgIpc) is 2.60. The molecule has 0 aliphatic heterocycles. The van der Waals surface area contributed by atoms with Crippen LogP contribution in [0.5, 0.6) is 0 Å². The van der Waals surface area contributed by atoms with Crippen molar-refractivity contribution in [1.29, 1.82) is 0 Å². The Balaban J connectivity index is 2.32. The molecular formula is C20H25NO3. The van der Waals surface area contributed by atoms with Crippen LogP contribution in [0.2, 0.25) is 0 Å². The van der Waals surface area contributed by atoms with Crippen molar-refractivity contribution in [1.82, 2.24) is 5.32 Å². The molecular weight excluding hydrogens is 302 g/mol. The molecule has 1 amide bonds. The second-order valence-electron chi connectivity index (χ2n) is 6.76. The third-order valence-corrected chi connectivity index (χ3v) is 4.23. The normalized spacial score (nSPS) is 12.0. The molecule has 0 saturated heterocycles. The van der Waals surface area contributed by atoms with E-state index in [0.29, 0.717) is 24.1 Å². The van der Waals surface area contributed by atoms with Gasteiger partial charge in [-0.2, -0.15) is 0 Å². The molecule has 0 bridgehead atoms. The van der Waals surface area contributed by atoms with Crippen molar-refractivity contribution in [3.05, 3.63) is 71.8 Å². The predicted octanol–water partition coefficient (Wildman–Crippen LogP) is 2.45. The highest BCUT2D eigenvalue weighted by Gasteiger charge is 2.40. The molecule has 0 saturated carbocycles. The zero-order chi connectivity index (χ0) is 17.6. The minimum Gasteiger partial charge on any atom is -0.396 e. The number of carbonyl (C=O) groups is 1. The van der Waals surface area contributed by atoms with Crippen molar-refractivity contribution in [2.75, 3.05) is 13.2 Å². The monoisotopic (exact) mass is 327 g/mol. The molecule has 4 heteroatoms. The molecule has 2 aromatic carbocycles. The first-order chi connectivity index (χ1) is 11.4. The van der Waals surface area contributed by atoms with E-state index in [1.54, 1.807) is 48.5 Å². The number of rotatable bonds is 7. The quantitative estimate of drug-likeness (QED) is 0.731. The van der Waals surface area contributed by atoms with Crippen molar-refractivity contribution in [3.63, 3.8) is 0 Å². The predicted molar refractivity (Wildman–Crippen MR) is 94.4 cm³/mol. The molecule has 24 heavy (non-hydrogen) atoms. The summed E-state index contributed by atoms with van der Waals surface area (Å²) in [5, 5.41) is 23.3. The van der Waals surface area contributed by atoms with Gasteiger partial charge < -0.3 is 15.5 Å². The number of aliphatic hydroxyl groups is 2. The third-order valence-electron chi connectivity index (χ3n) is 4.23. The lowest BCUT2D eigenvalue weighted by Gasteiger charge is -2.31. The molecule has 0 aromatic heterocycles. The Morgan fingerprint density at radius 3 is 1.83 bits per heavy atom. The highest BCUT2D eigenvalue weighted by atomic mass is 16.3. The van der Waals surface area contributed by atoms with E-state index in [1.807, 2.05) is 26.0 Å². The van der Waals surface area contributed by atoms with Gasteiger partial charge in [0.15, 0.2) is 5.60 Å². The van der Waals surface area contributed by atoms with Crippen molar-refractivity contribution < 1.29 is 15.0 Å². The van der Waals surface area contributed by atoms with Gasteiger partial charge in [-0.3, -0.25) is 4.79 Å². The molecule has 4 nitrogen and oxygen atoms in total. The van der Waals surface area contributed by atoms with Crippen LogP contribution in [0.3, 0.4) is 0 Å². The smallest absolute Gasteiger partial charge is 0.261 e. The third kappa shape index (κ3) is 4.02. The molecule has 128 valence electrons. The summed E-state index contributed by atoms with van der Waals surface area (Å²) in [6, 6.07) is 17.8. The highest BCUT2D eigenvalue weighted by Crippen LogP contribution is 2.30. The van der Waals surface area contributed by atoms with Crippen molar-refractivity contribution >= 4 is 5.91 Å². The molecule has 2 rings (SSSR count). The van der Waals surface area contributed by atoms with Crippen LogP contribution in [-0.4, -0.2) is 29.3 Å². The van der Waals surface area contributed by atoms with E-state index in [-0.39, 0.29) is 12.0 Å². The maximum Gasteiger partial charge on any atom is 0.261 e. The Morgan fingerprint density at radius 1 is 0.958 bits per heavy atom. The van der Waals surface area contributed by atoms with Gasteiger partial charge in [0, 0.05) is 13.2 Å². The van der Waals surface area contributed by atoms with Crippen LogP contribution in [0, 0.1) is 5.41 Å². The molecule has 0 aliphatic carbocycles. The Labute approximate surface area is 143 Å². The molecule has 2 aromatic rings. The molecule has 3 N–H and O–H groups in total. The highest BCUT2D eigenvalue weighted by molar-refractivity contribution is 5.90. The zero-order valence-electron chi connectivity index (χ0n) is 14.2. The van der Waals surface area contributed by atoms with E-state index in [4.69, 9.17) is 5.11 Å². The van der Waals surface area contributed by atoms with Gasteiger partial charge in [0.1, 0.15) is 0 Å². The summed E-state index contributed by atoms with van der Waals surface area (Å²) in [4.78, 5) is 12.9. The van der Waals surface area contributed by atoms with E-state index in [1.165, 1.54) is 0 Å². The van der Waals surface area contributed by atoms with E-state index in [2.05, 4.69) is 5.32 Å². The molecule has 0 fully saturated rings. The second kappa shape index (κ2) is 7.60. The van der Waals surface area contributed by atoms with E-state index in [0.717, 1.165) is 0 Å². The molecule has 0 spiro atoms. The minimum absolute atomic E-state index is 0.0600. The summed E-state index contributed by atoms with van der Waals surface area (Å²) in [5.74, 6) is -0.467. The number of benzene rings is 2. The number of hydrogen-bond donors (Lipinski definition) is 3. The Bertz CT molecular complexity index is 614. The van der Waals surface area contributed by atoms with Crippen LogP contribution in [-0.2, 0) is 10.4 Å². The van der Waals surface area contributed by atoms with Gasteiger partial charge in [0.2, 0.25) is 0 Å². The number of hydrogen-bond acceptors (Lipinski definition) is 3. The lowest BCUT2D eigenvalue weighted by molar-refractivity contribution is -0.137. The fourth-order valence-electron chi connectivity index (χ4n) is 2.63. The lowest BCUT2D eigenvalue weighted by atomic mass is 9.84. The van der Waals surface area contributed by atoms with Gasteiger partial charge in [-0.05, 0) is 23.0 Å². The van der Waals surface area contributed by atoms with Crippen LogP contribution in [0.15, 0.2) is 60.7 Å². The Hall–Kier alpha value is -2.17. The maximum atomic E-state index is 12.9. The minimum atomic E-state index is -1.75. The van der Waals surface area contributed by atoms with E-state index < -0.39 is 11.5 Å². The first-order valence-electron chi connectivity index (χ1n) is 8.13. The van der Waals surface area contributed by atoms with Gasteiger partial charge in [0.25, 0.3) is 5.91 Å². The zero-order valence-corrected chi connectivity index (χ0v) is 14.2. The fourth-order valence-corrected chi connectivity index (χ4v) is 2.63. The number of aliphatic hydroxyl groups excluding tert-OH is 1. The van der Waals surface area contributed by atoms with Gasteiger partial charge in [-0.1, -0.05) is 74.5 Å². The number of amides is 1. The Kier molecular flexibility index (Phi) is 5.75. The van der Waals surface area contributed by atoms with Crippen molar-refractivity contribution in [3.8, 4) is 0 Å². The standard InChI is InChI=1S/C20H25NO3/c1-19(2,13-14-22)15-21-18(23)20(24,16-9-5-3-6-10-16)17-11-7-4-8-12-17/h3-12,22,24H,13-15H2,1-2H3,(H,21,23). The summed E-state index contributed by atoms with van der Waals surface area (Å²) in [5.41, 5.74) is -0.960. The SMILES string of the molecule is CC(C)(CCO)CNC(=O)C(O)(c1ccccc1)c1ccccc1. The molecule has 0 radical (unpaired) electrons. The van der Waals surface area contributed by atoms with Crippen LogP contribution < -0.4 is 5.32 Å². The van der Waals surface area contributed by atoms with Crippen LogP contribution >= 0.6 is 0 Å². The molecule has 0 atom stereocenters. The summed E-state index contributed by atoms with van der Waals surface area (Å²) < 4.78 is 0. The van der Waals surface area contributed by atoms with Crippen LogP contribution in [0.4, 0.5) is 0 Å². The molecule has 0 aliphatic rings. The topological polar surface area (TPSA) is 69.6 Å². The largest absolute Gasteiger partial charge is 0.396 e. The first kappa shape index (κ1) is 18.2. The summed E-state index contributed by atoms with van der Waals surface area (Å²) in [6.45, 7) is 4.36.